The molecular formula is C18H21NOS2. The fourth-order valence-electron chi connectivity index (χ4n) is 2.12. The molecule has 2 aromatic rings. The number of rotatable bonds is 7. The molecule has 0 aliphatic rings. The second-order valence-electron chi connectivity index (χ2n) is 4.94. The Hall–Kier alpha value is -1.39. The molecule has 22 heavy (non-hydrogen) atoms. The molecule has 2 nitrogen and oxygen atoms in total. The van der Waals surface area contributed by atoms with E-state index in [-0.39, 0.29) is 5.91 Å². The number of amides is 1. The quantitative estimate of drug-likeness (QED) is 0.603. The maximum absolute atomic E-state index is 12.2. The van der Waals surface area contributed by atoms with Gasteiger partial charge in [-0.15, -0.1) is 11.8 Å². The summed E-state index contributed by atoms with van der Waals surface area (Å²) in [5, 5.41) is 3.00. The van der Waals surface area contributed by atoms with E-state index < -0.39 is 0 Å². The molecule has 116 valence electrons. The topological polar surface area (TPSA) is 29.1 Å². The van der Waals surface area contributed by atoms with Crippen molar-refractivity contribution in [2.75, 3.05) is 18.6 Å². The molecular weight excluding hydrogens is 310 g/mol. The minimum atomic E-state index is 0.0152. The predicted molar refractivity (Wildman–Crippen MR) is 97.9 cm³/mol. The highest BCUT2D eigenvalue weighted by Crippen LogP contribution is 2.19. The zero-order valence-corrected chi connectivity index (χ0v) is 14.6. The normalized spacial score (nSPS) is 10.5. The summed E-state index contributed by atoms with van der Waals surface area (Å²) in [6, 6.07) is 16.2. The van der Waals surface area contributed by atoms with Gasteiger partial charge in [-0.25, -0.2) is 0 Å². The first-order chi connectivity index (χ1) is 10.7. The number of hydrogen-bond donors (Lipinski definition) is 1. The van der Waals surface area contributed by atoms with Gasteiger partial charge in [-0.1, -0.05) is 36.4 Å². The highest BCUT2D eigenvalue weighted by Gasteiger charge is 2.09. The highest BCUT2D eigenvalue weighted by atomic mass is 32.2. The van der Waals surface area contributed by atoms with Crippen molar-refractivity contribution in [3.05, 3.63) is 65.2 Å². The predicted octanol–water partition coefficient (Wildman–Crippen LogP) is 4.38. The van der Waals surface area contributed by atoms with E-state index in [0.717, 1.165) is 22.0 Å². The van der Waals surface area contributed by atoms with Crippen molar-refractivity contribution in [1.29, 1.82) is 0 Å². The maximum atomic E-state index is 12.2. The Balaban J connectivity index is 1.75. The van der Waals surface area contributed by atoms with Crippen LogP contribution < -0.4 is 5.32 Å². The van der Waals surface area contributed by atoms with Gasteiger partial charge in [0, 0.05) is 22.9 Å². The average molecular weight is 332 g/mol. The molecule has 0 saturated heterocycles. The molecule has 1 amide bonds. The first-order valence-corrected chi connectivity index (χ1v) is 9.64. The standard InChI is InChI=1S/C18H21NOS2/c1-14-7-3-4-8-15(14)13-22-12-11-19-18(20)16-9-5-6-10-17(16)21-2/h3-10H,11-13H2,1-2H3,(H,19,20). The van der Waals surface area contributed by atoms with E-state index in [1.54, 1.807) is 11.8 Å². The first-order valence-electron chi connectivity index (χ1n) is 7.26. The van der Waals surface area contributed by atoms with Crippen molar-refractivity contribution < 1.29 is 4.79 Å². The van der Waals surface area contributed by atoms with Gasteiger partial charge in [-0.05, 0) is 36.4 Å². The number of hydrogen-bond acceptors (Lipinski definition) is 3. The lowest BCUT2D eigenvalue weighted by Crippen LogP contribution is -2.26. The molecule has 0 aliphatic carbocycles. The second kappa shape index (κ2) is 8.91. The molecule has 0 bridgehead atoms. The van der Waals surface area contributed by atoms with E-state index >= 15 is 0 Å². The summed E-state index contributed by atoms with van der Waals surface area (Å²) in [6.07, 6.45) is 1.99. The van der Waals surface area contributed by atoms with Crippen LogP contribution in [0.3, 0.4) is 0 Å². The number of nitrogens with one attached hydrogen (secondary N) is 1. The lowest BCUT2D eigenvalue weighted by molar-refractivity contribution is 0.0953. The summed E-state index contributed by atoms with van der Waals surface area (Å²) in [7, 11) is 0. The number of carbonyl (C=O) groups excluding carboxylic acids is 1. The van der Waals surface area contributed by atoms with E-state index in [0.29, 0.717) is 6.54 Å². The van der Waals surface area contributed by atoms with E-state index in [9.17, 15) is 4.79 Å². The molecule has 2 aromatic carbocycles. The Bertz CT molecular complexity index is 628. The van der Waals surface area contributed by atoms with Gasteiger partial charge in [-0.3, -0.25) is 4.79 Å². The molecule has 2 rings (SSSR count). The minimum Gasteiger partial charge on any atom is -0.351 e. The lowest BCUT2D eigenvalue weighted by Gasteiger charge is -2.09. The van der Waals surface area contributed by atoms with Crippen LogP contribution in [0.1, 0.15) is 21.5 Å². The molecule has 0 aromatic heterocycles. The number of carbonyl (C=O) groups is 1. The average Bonchev–Trinajstić information content (AvgIpc) is 2.56. The number of benzene rings is 2. The van der Waals surface area contributed by atoms with Crippen molar-refractivity contribution in [1.82, 2.24) is 5.32 Å². The number of aryl methyl sites for hydroxylation is 1. The van der Waals surface area contributed by atoms with Gasteiger partial charge < -0.3 is 5.32 Å². The largest absolute Gasteiger partial charge is 0.351 e. The first kappa shape index (κ1) is 17.0. The molecule has 0 radical (unpaired) electrons. The molecule has 0 spiro atoms. The summed E-state index contributed by atoms with van der Waals surface area (Å²) in [5.74, 6) is 1.92. The molecule has 0 atom stereocenters. The summed E-state index contributed by atoms with van der Waals surface area (Å²) >= 11 is 3.45. The third kappa shape index (κ3) is 4.82. The molecule has 4 heteroatoms. The van der Waals surface area contributed by atoms with Crippen LogP contribution in [0.15, 0.2) is 53.4 Å². The van der Waals surface area contributed by atoms with Gasteiger partial charge in [0.2, 0.25) is 0 Å². The van der Waals surface area contributed by atoms with Crippen molar-refractivity contribution in [2.24, 2.45) is 0 Å². The van der Waals surface area contributed by atoms with Gasteiger partial charge >= 0.3 is 0 Å². The maximum Gasteiger partial charge on any atom is 0.252 e. The van der Waals surface area contributed by atoms with Crippen LogP contribution in [0.25, 0.3) is 0 Å². The van der Waals surface area contributed by atoms with Crippen LogP contribution in [0.5, 0.6) is 0 Å². The van der Waals surface area contributed by atoms with Gasteiger partial charge in [0.1, 0.15) is 0 Å². The Morgan fingerprint density at radius 2 is 1.82 bits per heavy atom. The van der Waals surface area contributed by atoms with Crippen LogP contribution in [0, 0.1) is 6.92 Å². The summed E-state index contributed by atoms with van der Waals surface area (Å²) in [4.78, 5) is 13.2. The molecule has 0 heterocycles. The molecule has 0 fully saturated rings. The van der Waals surface area contributed by atoms with E-state index in [1.807, 2.05) is 42.3 Å². The lowest BCUT2D eigenvalue weighted by atomic mass is 10.1. The fraction of sp³-hybridized carbons (Fsp3) is 0.278. The molecule has 1 N–H and O–H groups in total. The van der Waals surface area contributed by atoms with Crippen molar-refractivity contribution in [3.63, 3.8) is 0 Å². The Kier molecular flexibility index (Phi) is 6.87. The Morgan fingerprint density at radius 1 is 1.09 bits per heavy atom. The van der Waals surface area contributed by atoms with Crippen LogP contribution in [-0.4, -0.2) is 24.5 Å². The Morgan fingerprint density at radius 3 is 2.59 bits per heavy atom. The third-order valence-electron chi connectivity index (χ3n) is 3.40. The van der Waals surface area contributed by atoms with Crippen molar-refractivity contribution >= 4 is 29.4 Å². The monoisotopic (exact) mass is 331 g/mol. The SMILES string of the molecule is CSc1ccccc1C(=O)NCCSCc1ccccc1C. The second-order valence-corrected chi connectivity index (χ2v) is 6.89. The summed E-state index contributed by atoms with van der Waals surface area (Å²) in [6.45, 7) is 2.83. The van der Waals surface area contributed by atoms with Crippen molar-refractivity contribution in [2.45, 2.75) is 17.6 Å². The summed E-state index contributed by atoms with van der Waals surface area (Å²) in [5.41, 5.74) is 3.46. The molecule has 0 saturated carbocycles. The minimum absolute atomic E-state index is 0.0152. The van der Waals surface area contributed by atoms with Crippen LogP contribution in [-0.2, 0) is 5.75 Å². The van der Waals surface area contributed by atoms with Crippen LogP contribution in [0.2, 0.25) is 0 Å². The van der Waals surface area contributed by atoms with E-state index in [1.165, 1.54) is 11.1 Å². The number of thioether (sulfide) groups is 2. The van der Waals surface area contributed by atoms with E-state index in [2.05, 4.69) is 36.5 Å². The zero-order chi connectivity index (χ0) is 15.8. The fourth-order valence-corrected chi connectivity index (χ4v) is 3.65. The smallest absolute Gasteiger partial charge is 0.252 e. The van der Waals surface area contributed by atoms with Gasteiger partial charge in [0.25, 0.3) is 5.91 Å². The van der Waals surface area contributed by atoms with Crippen LogP contribution in [0.4, 0.5) is 0 Å². The van der Waals surface area contributed by atoms with E-state index in [4.69, 9.17) is 0 Å². The Labute approximate surface area is 141 Å². The zero-order valence-electron chi connectivity index (χ0n) is 13.0. The van der Waals surface area contributed by atoms with Crippen LogP contribution >= 0.6 is 23.5 Å². The van der Waals surface area contributed by atoms with Gasteiger partial charge in [-0.2, -0.15) is 11.8 Å². The van der Waals surface area contributed by atoms with Gasteiger partial charge in [0.15, 0.2) is 0 Å². The third-order valence-corrected chi connectivity index (χ3v) is 5.21. The van der Waals surface area contributed by atoms with Gasteiger partial charge in [0.05, 0.1) is 5.56 Å². The molecule has 0 aliphatic heterocycles. The molecule has 0 unspecified atom stereocenters. The van der Waals surface area contributed by atoms with Crippen molar-refractivity contribution in [3.8, 4) is 0 Å². The summed E-state index contributed by atoms with van der Waals surface area (Å²) < 4.78 is 0. The highest BCUT2D eigenvalue weighted by molar-refractivity contribution is 7.98.